The molecule has 0 atom stereocenters. The minimum absolute atomic E-state index is 0.696. The number of nitrogens with zero attached hydrogens (tertiary/aromatic N) is 3. The Morgan fingerprint density at radius 2 is 1.85 bits per heavy atom. The molecule has 4 nitrogen and oxygen atoms in total. The van der Waals surface area contributed by atoms with Crippen LogP contribution in [-0.2, 0) is 6.54 Å². The van der Waals surface area contributed by atoms with Gasteiger partial charge in [-0.2, -0.15) is 5.10 Å². The van der Waals surface area contributed by atoms with Gasteiger partial charge in [0.25, 0.3) is 0 Å². The Morgan fingerprint density at radius 3 is 2.60 bits per heavy atom. The van der Waals surface area contributed by atoms with Gasteiger partial charge in [-0.05, 0) is 45.3 Å². The average molecular weight is 329 g/mol. The molecule has 0 fully saturated rings. The molecule has 0 aliphatic heterocycles. The predicted molar refractivity (Wildman–Crippen MR) is 83.1 cm³/mol. The van der Waals surface area contributed by atoms with E-state index in [0.29, 0.717) is 6.54 Å². The highest BCUT2D eigenvalue weighted by molar-refractivity contribution is 9.10. The van der Waals surface area contributed by atoms with E-state index in [2.05, 4.69) is 26.0 Å². The maximum Gasteiger partial charge on any atom is 0.0675 e. The quantitative estimate of drug-likeness (QED) is 0.750. The second-order valence-electron chi connectivity index (χ2n) is 4.56. The first-order chi connectivity index (χ1) is 9.70. The van der Waals surface area contributed by atoms with Gasteiger partial charge in [-0.3, -0.25) is 9.67 Å². The first-order valence-corrected chi connectivity index (χ1v) is 6.98. The molecule has 1 aromatic carbocycles. The zero-order valence-electron chi connectivity index (χ0n) is 10.7. The van der Waals surface area contributed by atoms with Gasteiger partial charge in [-0.25, -0.2) is 0 Å². The minimum Gasteiger partial charge on any atom is -0.399 e. The third-order valence-corrected chi connectivity index (χ3v) is 3.42. The Morgan fingerprint density at radius 1 is 1.05 bits per heavy atom. The molecule has 0 saturated heterocycles. The summed E-state index contributed by atoms with van der Waals surface area (Å²) in [7, 11) is 0. The van der Waals surface area contributed by atoms with Crippen molar-refractivity contribution in [3.8, 4) is 11.1 Å². The molecule has 0 radical (unpaired) electrons. The van der Waals surface area contributed by atoms with Gasteiger partial charge < -0.3 is 5.73 Å². The Balaban J connectivity index is 1.82. The van der Waals surface area contributed by atoms with Crippen LogP contribution in [0.5, 0.6) is 0 Å². The van der Waals surface area contributed by atoms with Crippen LogP contribution >= 0.6 is 15.9 Å². The standard InChI is InChI=1S/C15H13BrN4/c16-14-5-11(6-18-8-14)9-20-10-13(7-19-20)12-1-3-15(17)4-2-12/h1-8,10H,9,17H2. The summed E-state index contributed by atoms with van der Waals surface area (Å²) in [6.07, 6.45) is 7.49. The van der Waals surface area contributed by atoms with Crippen LogP contribution in [0.25, 0.3) is 11.1 Å². The second-order valence-corrected chi connectivity index (χ2v) is 5.48. The Bertz CT molecular complexity index is 719. The summed E-state index contributed by atoms with van der Waals surface area (Å²) in [6.45, 7) is 0.696. The van der Waals surface area contributed by atoms with Gasteiger partial charge in [-0.1, -0.05) is 12.1 Å². The third-order valence-electron chi connectivity index (χ3n) is 2.98. The summed E-state index contributed by atoms with van der Waals surface area (Å²) in [4.78, 5) is 4.15. The molecule has 3 rings (SSSR count). The summed E-state index contributed by atoms with van der Waals surface area (Å²) in [5.74, 6) is 0. The number of anilines is 1. The smallest absolute Gasteiger partial charge is 0.0675 e. The number of halogens is 1. The van der Waals surface area contributed by atoms with E-state index in [9.17, 15) is 0 Å². The van der Waals surface area contributed by atoms with Crippen molar-refractivity contribution in [1.29, 1.82) is 0 Å². The maximum absolute atomic E-state index is 5.69. The van der Waals surface area contributed by atoms with Crippen molar-refractivity contribution in [3.05, 3.63) is 65.2 Å². The van der Waals surface area contributed by atoms with Gasteiger partial charge in [0.15, 0.2) is 0 Å². The van der Waals surface area contributed by atoms with Crippen molar-refractivity contribution in [3.63, 3.8) is 0 Å². The van der Waals surface area contributed by atoms with E-state index in [1.54, 1.807) is 6.20 Å². The monoisotopic (exact) mass is 328 g/mol. The van der Waals surface area contributed by atoms with E-state index in [4.69, 9.17) is 5.73 Å². The van der Waals surface area contributed by atoms with Crippen LogP contribution < -0.4 is 5.73 Å². The fraction of sp³-hybridized carbons (Fsp3) is 0.0667. The molecule has 2 aromatic heterocycles. The summed E-state index contributed by atoms with van der Waals surface area (Å²) in [5, 5.41) is 4.38. The number of nitrogens with two attached hydrogens (primary N) is 1. The summed E-state index contributed by atoms with van der Waals surface area (Å²) in [6, 6.07) is 9.82. The summed E-state index contributed by atoms with van der Waals surface area (Å²) in [5.41, 5.74) is 9.75. The van der Waals surface area contributed by atoms with Crippen molar-refractivity contribution in [2.45, 2.75) is 6.54 Å². The van der Waals surface area contributed by atoms with Crippen LogP contribution in [-0.4, -0.2) is 14.8 Å². The Kier molecular flexibility index (Phi) is 3.52. The number of benzene rings is 1. The predicted octanol–water partition coefficient (Wildman–Crippen LogP) is 3.34. The maximum atomic E-state index is 5.69. The number of rotatable bonds is 3. The fourth-order valence-corrected chi connectivity index (χ4v) is 2.42. The topological polar surface area (TPSA) is 56.7 Å². The molecule has 3 aromatic rings. The molecule has 5 heteroatoms. The van der Waals surface area contributed by atoms with Crippen molar-refractivity contribution in [1.82, 2.24) is 14.8 Å². The molecule has 0 aliphatic carbocycles. The van der Waals surface area contributed by atoms with Crippen LogP contribution in [0.15, 0.2) is 59.6 Å². The Labute approximate surface area is 125 Å². The zero-order valence-corrected chi connectivity index (χ0v) is 12.3. The molecule has 0 spiro atoms. The molecule has 0 amide bonds. The summed E-state index contributed by atoms with van der Waals surface area (Å²) < 4.78 is 2.87. The van der Waals surface area contributed by atoms with Crippen molar-refractivity contribution in [2.24, 2.45) is 0 Å². The van der Waals surface area contributed by atoms with E-state index >= 15 is 0 Å². The van der Waals surface area contributed by atoms with Gasteiger partial charge in [0.2, 0.25) is 0 Å². The van der Waals surface area contributed by atoms with Crippen molar-refractivity contribution in [2.75, 3.05) is 5.73 Å². The lowest BCUT2D eigenvalue weighted by Gasteiger charge is -2.02. The largest absolute Gasteiger partial charge is 0.399 e. The SMILES string of the molecule is Nc1ccc(-c2cnn(Cc3cncc(Br)c3)c2)cc1. The van der Waals surface area contributed by atoms with E-state index in [-0.39, 0.29) is 0 Å². The highest BCUT2D eigenvalue weighted by atomic mass is 79.9. The van der Waals surface area contributed by atoms with E-state index < -0.39 is 0 Å². The molecule has 20 heavy (non-hydrogen) atoms. The molecule has 100 valence electrons. The van der Waals surface area contributed by atoms with Crippen LogP contribution in [0.2, 0.25) is 0 Å². The molecule has 0 saturated carbocycles. The first kappa shape index (κ1) is 12.9. The van der Waals surface area contributed by atoms with E-state index in [1.807, 2.05) is 53.6 Å². The molecule has 0 aliphatic rings. The first-order valence-electron chi connectivity index (χ1n) is 6.18. The van der Waals surface area contributed by atoms with Crippen LogP contribution in [0.1, 0.15) is 5.56 Å². The van der Waals surface area contributed by atoms with Gasteiger partial charge in [-0.15, -0.1) is 0 Å². The average Bonchev–Trinajstić information content (AvgIpc) is 2.88. The van der Waals surface area contributed by atoms with Crippen LogP contribution in [0.3, 0.4) is 0 Å². The van der Waals surface area contributed by atoms with E-state index in [0.717, 1.165) is 26.9 Å². The van der Waals surface area contributed by atoms with Gasteiger partial charge in [0.05, 0.1) is 12.7 Å². The van der Waals surface area contributed by atoms with Crippen LogP contribution in [0.4, 0.5) is 5.69 Å². The normalized spacial score (nSPS) is 10.7. The van der Waals surface area contributed by atoms with Gasteiger partial charge in [0, 0.05) is 34.3 Å². The molecular weight excluding hydrogens is 316 g/mol. The minimum atomic E-state index is 0.696. The number of hydrogen-bond acceptors (Lipinski definition) is 3. The van der Waals surface area contributed by atoms with Crippen molar-refractivity contribution < 1.29 is 0 Å². The number of hydrogen-bond donors (Lipinski definition) is 1. The lowest BCUT2D eigenvalue weighted by atomic mass is 10.1. The highest BCUT2D eigenvalue weighted by Crippen LogP contribution is 2.20. The molecule has 0 bridgehead atoms. The van der Waals surface area contributed by atoms with Gasteiger partial charge in [0.1, 0.15) is 0 Å². The lowest BCUT2D eigenvalue weighted by molar-refractivity contribution is 0.684. The molecule has 2 heterocycles. The molecular formula is C15H13BrN4. The lowest BCUT2D eigenvalue weighted by Crippen LogP contribution is -2.00. The molecule has 2 N–H and O–H groups in total. The third kappa shape index (κ3) is 2.88. The zero-order chi connectivity index (χ0) is 13.9. The highest BCUT2D eigenvalue weighted by Gasteiger charge is 2.03. The van der Waals surface area contributed by atoms with Crippen molar-refractivity contribution >= 4 is 21.6 Å². The fourth-order valence-electron chi connectivity index (χ4n) is 2.00. The number of aromatic nitrogens is 3. The number of nitrogen functional groups attached to an aromatic ring is 1. The molecule has 0 unspecified atom stereocenters. The second kappa shape index (κ2) is 5.46. The summed E-state index contributed by atoms with van der Waals surface area (Å²) >= 11 is 3.42. The Hall–Kier alpha value is -2.14. The van der Waals surface area contributed by atoms with Crippen LogP contribution in [0, 0.1) is 0 Å². The van der Waals surface area contributed by atoms with Gasteiger partial charge >= 0.3 is 0 Å². The number of pyridine rings is 1. The van der Waals surface area contributed by atoms with E-state index in [1.165, 1.54) is 0 Å².